The van der Waals surface area contributed by atoms with E-state index in [1.54, 1.807) is 10.7 Å². The van der Waals surface area contributed by atoms with Crippen LogP contribution in [0.25, 0.3) is 0 Å². The molecule has 0 aliphatic carbocycles. The Morgan fingerprint density at radius 1 is 1.22 bits per heavy atom. The Morgan fingerprint density at radius 3 is 2.61 bits per heavy atom. The van der Waals surface area contributed by atoms with Crippen LogP contribution in [0.3, 0.4) is 0 Å². The molecule has 2 rings (SSSR count). The summed E-state index contributed by atoms with van der Waals surface area (Å²) >= 11 is 11.8. The number of nitrogens with two attached hydrogens (primary N) is 1. The molecule has 0 amide bonds. The highest BCUT2D eigenvalue weighted by atomic mass is 35.5. The molecule has 2 N–H and O–H groups in total. The van der Waals surface area contributed by atoms with Gasteiger partial charge in [0.25, 0.3) is 0 Å². The number of aromatic nitrogens is 2. The van der Waals surface area contributed by atoms with Gasteiger partial charge in [-0.05, 0) is 30.2 Å². The molecule has 1 aromatic heterocycles. The largest absolute Gasteiger partial charge is 0.327 e. The summed E-state index contributed by atoms with van der Waals surface area (Å²) in [4.78, 5) is 0. The molecular formula is C13H15Cl2N3. The van der Waals surface area contributed by atoms with Gasteiger partial charge in [0.15, 0.2) is 0 Å². The first-order valence-corrected chi connectivity index (χ1v) is 6.48. The Hall–Kier alpha value is -1.03. The zero-order valence-electron chi connectivity index (χ0n) is 10.1. The molecule has 1 atom stereocenters. The molecule has 1 aromatic carbocycles. The minimum Gasteiger partial charge on any atom is -0.327 e. The second kappa shape index (κ2) is 5.74. The summed E-state index contributed by atoms with van der Waals surface area (Å²) in [6.45, 7) is 0. The fourth-order valence-electron chi connectivity index (χ4n) is 1.88. The maximum atomic E-state index is 6.11. The lowest BCUT2D eigenvalue weighted by atomic mass is 10.0. The third-order valence-electron chi connectivity index (χ3n) is 2.72. The zero-order valence-corrected chi connectivity index (χ0v) is 11.6. The van der Waals surface area contributed by atoms with Crippen LogP contribution in [0.2, 0.25) is 10.0 Å². The molecule has 1 heterocycles. The number of halogens is 2. The minimum absolute atomic E-state index is 0.0251. The summed E-state index contributed by atoms with van der Waals surface area (Å²) < 4.78 is 1.78. The van der Waals surface area contributed by atoms with Crippen molar-refractivity contribution >= 4 is 23.2 Å². The first kappa shape index (κ1) is 13.4. The average molecular weight is 284 g/mol. The van der Waals surface area contributed by atoms with Crippen LogP contribution in [0.5, 0.6) is 0 Å². The summed E-state index contributed by atoms with van der Waals surface area (Å²) in [5, 5.41) is 5.45. The van der Waals surface area contributed by atoms with Gasteiger partial charge in [-0.25, -0.2) is 0 Å². The Morgan fingerprint density at radius 2 is 2.00 bits per heavy atom. The molecule has 0 aliphatic heterocycles. The van der Waals surface area contributed by atoms with Crippen LogP contribution in [-0.4, -0.2) is 15.8 Å². The van der Waals surface area contributed by atoms with Gasteiger partial charge in [-0.1, -0.05) is 29.3 Å². The minimum atomic E-state index is 0.0251. The Bertz CT molecular complexity index is 537. The monoisotopic (exact) mass is 283 g/mol. The molecule has 0 saturated heterocycles. The first-order chi connectivity index (χ1) is 8.54. The zero-order chi connectivity index (χ0) is 13.1. The summed E-state index contributed by atoms with van der Waals surface area (Å²) in [7, 11) is 1.90. The van der Waals surface area contributed by atoms with E-state index in [0.717, 1.165) is 24.1 Å². The highest BCUT2D eigenvalue weighted by molar-refractivity contribution is 6.42. The number of rotatable bonds is 4. The third-order valence-corrected chi connectivity index (χ3v) is 3.46. The van der Waals surface area contributed by atoms with Crippen LogP contribution in [-0.2, 0) is 19.9 Å². The highest BCUT2D eigenvalue weighted by Gasteiger charge is 2.08. The van der Waals surface area contributed by atoms with Crippen molar-refractivity contribution in [1.29, 1.82) is 0 Å². The summed E-state index contributed by atoms with van der Waals surface area (Å²) in [5.74, 6) is 0. The first-order valence-electron chi connectivity index (χ1n) is 5.72. The fraction of sp³-hybridized carbons (Fsp3) is 0.308. The van der Waals surface area contributed by atoms with Crippen LogP contribution in [0.1, 0.15) is 11.3 Å². The van der Waals surface area contributed by atoms with Crippen LogP contribution in [0.15, 0.2) is 30.5 Å². The van der Waals surface area contributed by atoms with Crippen molar-refractivity contribution < 1.29 is 0 Å². The van der Waals surface area contributed by atoms with Crippen molar-refractivity contribution in [1.82, 2.24) is 9.78 Å². The molecule has 3 nitrogen and oxygen atoms in total. The van der Waals surface area contributed by atoms with Gasteiger partial charge in [-0.3, -0.25) is 4.68 Å². The smallest absolute Gasteiger partial charge is 0.0640 e. The highest BCUT2D eigenvalue weighted by Crippen LogP contribution is 2.23. The van der Waals surface area contributed by atoms with E-state index >= 15 is 0 Å². The van der Waals surface area contributed by atoms with Crippen LogP contribution < -0.4 is 5.73 Å². The molecule has 0 fully saturated rings. The third kappa shape index (κ3) is 3.48. The molecule has 2 aromatic rings. The van der Waals surface area contributed by atoms with E-state index < -0.39 is 0 Å². The van der Waals surface area contributed by atoms with E-state index in [1.165, 1.54) is 0 Å². The predicted molar refractivity (Wildman–Crippen MR) is 75.1 cm³/mol. The van der Waals surface area contributed by atoms with Crippen molar-refractivity contribution in [2.75, 3.05) is 0 Å². The summed E-state index contributed by atoms with van der Waals surface area (Å²) in [6.07, 6.45) is 3.43. The maximum absolute atomic E-state index is 6.11. The van der Waals surface area contributed by atoms with Gasteiger partial charge in [0.1, 0.15) is 0 Å². The maximum Gasteiger partial charge on any atom is 0.0640 e. The normalized spacial score (nSPS) is 12.7. The molecule has 0 spiro atoms. The van der Waals surface area contributed by atoms with E-state index in [2.05, 4.69) is 5.10 Å². The molecule has 1 unspecified atom stereocenters. The van der Waals surface area contributed by atoms with E-state index in [-0.39, 0.29) is 6.04 Å². The second-order valence-corrected chi connectivity index (χ2v) is 5.21. The van der Waals surface area contributed by atoms with Crippen LogP contribution >= 0.6 is 23.2 Å². The SMILES string of the molecule is Cn1ccc(CC(N)Cc2ccc(Cl)c(Cl)c2)n1. The standard InChI is InChI=1S/C13H15Cl2N3/c1-18-5-4-11(17-18)8-10(16)6-9-2-3-12(14)13(15)7-9/h2-5,7,10H,6,8,16H2,1H3. The van der Waals surface area contributed by atoms with Gasteiger partial charge in [0.05, 0.1) is 15.7 Å². The summed E-state index contributed by atoms with van der Waals surface area (Å²) in [6, 6.07) is 7.62. The number of nitrogens with zero attached hydrogens (tertiary/aromatic N) is 2. The molecule has 0 saturated carbocycles. The molecule has 18 heavy (non-hydrogen) atoms. The van der Waals surface area contributed by atoms with E-state index in [0.29, 0.717) is 10.0 Å². The van der Waals surface area contributed by atoms with Gasteiger partial charge in [0.2, 0.25) is 0 Å². The van der Waals surface area contributed by atoms with Crippen molar-refractivity contribution in [3.8, 4) is 0 Å². The molecule has 0 radical (unpaired) electrons. The van der Waals surface area contributed by atoms with Gasteiger partial charge in [-0.2, -0.15) is 5.10 Å². The topological polar surface area (TPSA) is 43.8 Å². The van der Waals surface area contributed by atoms with E-state index in [9.17, 15) is 0 Å². The van der Waals surface area contributed by atoms with Crippen LogP contribution in [0.4, 0.5) is 0 Å². The lowest BCUT2D eigenvalue weighted by Gasteiger charge is -2.10. The molecule has 0 bridgehead atoms. The van der Waals surface area contributed by atoms with Gasteiger partial charge in [-0.15, -0.1) is 0 Å². The Kier molecular flexibility index (Phi) is 4.27. The number of aryl methyl sites for hydroxylation is 1. The summed E-state index contributed by atoms with van der Waals surface area (Å²) in [5.41, 5.74) is 8.21. The predicted octanol–water partition coefficient (Wildman–Crippen LogP) is 2.84. The van der Waals surface area contributed by atoms with Gasteiger partial charge < -0.3 is 5.73 Å². The van der Waals surface area contributed by atoms with Gasteiger partial charge in [0, 0.05) is 25.7 Å². The Balaban J connectivity index is 1.98. The lowest BCUT2D eigenvalue weighted by molar-refractivity contribution is 0.638. The van der Waals surface area contributed by atoms with Gasteiger partial charge >= 0.3 is 0 Å². The van der Waals surface area contributed by atoms with Crippen molar-refractivity contribution in [2.45, 2.75) is 18.9 Å². The average Bonchev–Trinajstić information content (AvgIpc) is 2.69. The molecule has 96 valence electrons. The molecule has 0 aliphatic rings. The van der Waals surface area contributed by atoms with Crippen molar-refractivity contribution in [2.24, 2.45) is 12.8 Å². The quantitative estimate of drug-likeness (QED) is 0.938. The van der Waals surface area contributed by atoms with E-state index in [4.69, 9.17) is 28.9 Å². The fourth-order valence-corrected chi connectivity index (χ4v) is 2.20. The molecular weight excluding hydrogens is 269 g/mol. The van der Waals surface area contributed by atoms with E-state index in [1.807, 2.05) is 31.4 Å². The van der Waals surface area contributed by atoms with Crippen LogP contribution in [0, 0.1) is 0 Å². The second-order valence-electron chi connectivity index (χ2n) is 4.40. The number of hydrogen-bond donors (Lipinski definition) is 1. The number of hydrogen-bond acceptors (Lipinski definition) is 2. The molecule has 5 heteroatoms. The lowest BCUT2D eigenvalue weighted by Crippen LogP contribution is -2.25. The van der Waals surface area contributed by atoms with Crippen molar-refractivity contribution in [3.63, 3.8) is 0 Å². The Labute approximate surface area is 117 Å². The number of benzene rings is 1. The van der Waals surface area contributed by atoms with Crippen molar-refractivity contribution in [3.05, 3.63) is 51.8 Å².